The maximum atomic E-state index is 5.84. The van der Waals surface area contributed by atoms with Gasteiger partial charge in [-0.2, -0.15) is 9.97 Å². The van der Waals surface area contributed by atoms with Crippen molar-refractivity contribution in [3.05, 3.63) is 23.1 Å². The summed E-state index contributed by atoms with van der Waals surface area (Å²) >= 11 is 5.84. The van der Waals surface area contributed by atoms with Gasteiger partial charge in [0.2, 0.25) is 0 Å². The van der Waals surface area contributed by atoms with E-state index in [0.717, 1.165) is 5.70 Å². The molecule has 1 aromatic rings. The molecule has 0 fully saturated rings. The molecule has 6 heteroatoms. The van der Waals surface area contributed by atoms with Crippen molar-refractivity contribution in [2.75, 3.05) is 5.32 Å². The third-order valence-electron chi connectivity index (χ3n) is 1.59. The summed E-state index contributed by atoms with van der Waals surface area (Å²) in [5, 5.41) is 3.28. The van der Waals surface area contributed by atoms with Crippen molar-refractivity contribution < 1.29 is 4.74 Å². The second-order valence-electron chi connectivity index (χ2n) is 3.50. The molecule has 0 unspecified atom stereocenters. The van der Waals surface area contributed by atoms with E-state index >= 15 is 0 Å². The van der Waals surface area contributed by atoms with Gasteiger partial charge in [-0.3, -0.25) is 0 Å². The summed E-state index contributed by atoms with van der Waals surface area (Å²) in [7, 11) is 0. The van der Waals surface area contributed by atoms with Gasteiger partial charge in [-0.15, -0.1) is 0 Å². The molecule has 16 heavy (non-hydrogen) atoms. The summed E-state index contributed by atoms with van der Waals surface area (Å²) in [5.74, 6) is 0.551. The second kappa shape index (κ2) is 5.55. The van der Waals surface area contributed by atoms with E-state index in [0.29, 0.717) is 11.0 Å². The summed E-state index contributed by atoms with van der Waals surface area (Å²) in [6.45, 7) is 5.60. The highest BCUT2D eigenvalue weighted by Gasteiger charge is 2.06. The summed E-state index contributed by atoms with van der Waals surface area (Å²) in [6.07, 6.45) is 1.44. The molecule has 0 aliphatic rings. The van der Waals surface area contributed by atoms with Crippen molar-refractivity contribution >= 4 is 17.4 Å². The first-order chi connectivity index (χ1) is 7.51. The molecule has 1 rings (SSSR count). The molecule has 0 aliphatic heterocycles. The van der Waals surface area contributed by atoms with Gasteiger partial charge in [-0.1, -0.05) is 11.6 Å². The highest BCUT2D eigenvalue weighted by molar-refractivity contribution is 6.29. The van der Waals surface area contributed by atoms with Crippen molar-refractivity contribution in [3.8, 4) is 6.01 Å². The number of aromatic nitrogens is 2. The van der Waals surface area contributed by atoms with Crippen LogP contribution >= 0.6 is 11.6 Å². The number of ether oxygens (including phenoxy) is 1. The Labute approximate surface area is 99.7 Å². The number of allylic oxidation sites excluding steroid dienone is 1. The number of hydrogen-bond donors (Lipinski definition) is 2. The molecule has 0 spiro atoms. The van der Waals surface area contributed by atoms with Crippen molar-refractivity contribution in [3.63, 3.8) is 0 Å². The molecule has 0 atom stereocenters. The first-order valence-corrected chi connectivity index (χ1v) is 5.26. The average molecular weight is 243 g/mol. The number of nitrogens with zero attached hydrogens (tertiary/aromatic N) is 2. The smallest absolute Gasteiger partial charge is 0.320 e. The zero-order valence-corrected chi connectivity index (χ0v) is 10.2. The molecular weight excluding hydrogens is 228 g/mol. The Hall–Kier alpha value is -1.49. The molecule has 0 saturated carbocycles. The van der Waals surface area contributed by atoms with E-state index in [4.69, 9.17) is 22.1 Å². The van der Waals surface area contributed by atoms with E-state index in [1.54, 1.807) is 6.07 Å². The lowest BCUT2D eigenvalue weighted by molar-refractivity contribution is 0.222. The molecule has 0 radical (unpaired) electrons. The molecule has 1 heterocycles. The van der Waals surface area contributed by atoms with E-state index in [9.17, 15) is 0 Å². The van der Waals surface area contributed by atoms with Crippen LogP contribution in [-0.2, 0) is 0 Å². The quantitative estimate of drug-likeness (QED) is 0.792. The predicted octanol–water partition coefficient (Wildman–Crippen LogP) is 2.15. The van der Waals surface area contributed by atoms with Crippen LogP contribution in [0.4, 0.5) is 5.82 Å². The zero-order valence-electron chi connectivity index (χ0n) is 9.49. The minimum absolute atomic E-state index is 0.00235. The molecule has 0 bridgehead atoms. The van der Waals surface area contributed by atoms with Crippen LogP contribution in [-0.4, -0.2) is 16.1 Å². The van der Waals surface area contributed by atoms with Gasteiger partial charge in [0.15, 0.2) is 0 Å². The lowest BCUT2D eigenvalue weighted by atomic mass is 10.5. The molecule has 5 nitrogen and oxygen atoms in total. The van der Waals surface area contributed by atoms with Crippen LogP contribution in [0.2, 0.25) is 5.15 Å². The van der Waals surface area contributed by atoms with E-state index in [2.05, 4.69) is 15.3 Å². The number of rotatable bonds is 4. The van der Waals surface area contributed by atoms with Gasteiger partial charge in [0, 0.05) is 18.0 Å². The Bertz CT molecular complexity index is 392. The van der Waals surface area contributed by atoms with Crippen LogP contribution in [0, 0.1) is 0 Å². The Morgan fingerprint density at radius 1 is 1.56 bits per heavy atom. The fraction of sp³-hybridized carbons (Fsp3) is 0.400. The predicted molar refractivity (Wildman–Crippen MR) is 64.4 cm³/mol. The molecular formula is C10H15ClN4O. The monoisotopic (exact) mass is 242 g/mol. The van der Waals surface area contributed by atoms with Crippen molar-refractivity contribution in [1.29, 1.82) is 0 Å². The summed E-state index contributed by atoms with van der Waals surface area (Å²) < 4.78 is 5.35. The molecule has 1 aromatic heterocycles. The number of nitrogens with two attached hydrogens (primary N) is 1. The Morgan fingerprint density at radius 2 is 2.25 bits per heavy atom. The van der Waals surface area contributed by atoms with Gasteiger partial charge in [0.1, 0.15) is 11.0 Å². The maximum Gasteiger partial charge on any atom is 0.320 e. The van der Waals surface area contributed by atoms with Crippen LogP contribution in [0.3, 0.4) is 0 Å². The molecule has 0 saturated heterocycles. The van der Waals surface area contributed by atoms with Crippen LogP contribution < -0.4 is 15.8 Å². The van der Waals surface area contributed by atoms with E-state index in [1.807, 2.05) is 20.8 Å². The molecule has 88 valence electrons. The number of hydrogen-bond acceptors (Lipinski definition) is 5. The SMILES string of the molecule is C/C(=C\N)Nc1cc(Cl)nc(OC(C)C)n1. The van der Waals surface area contributed by atoms with Gasteiger partial charge >= 0.3 is 6.01 Å². The zero-order chi connectivity index (χ0) is 12.1. The Morgan fingerprint density at radius 3 is 2.81 bits per heavy atom. The molecule has 0 aliphatic carbocycles. The summed E-state index contributed by atoms with van der Waals surface area (Å²) in [6, 6.07) is 1.84. The highest BCUT2D eigenvalue weighted by atomic mass is 35.5. The minimum atomic E-state index is -0.00235. The summed E-state index contributed by atoms with van der Waals surface area (Å²) in [5.41, 5.74) is 6.11. The molecule has 3 N–H and O–H groups in total. The lowest BCUT2D eigenvalue weighted by Crippen LogP contribution is -2.10. The number of nitrogens with one attached hydrogen (secondary N) is 1. The largest absolute Gasteiger partial charge is 0.461 e. The highest BCUT2D eigenvalue weighted by Crippen LogP contribution is 2.17. The fourth-order valence-electron chi connectivity index (χ4n) is 0.968. The van der Waals surface area contributed by atoms with Crippen molar-refractivity contribution in [2.24, 2.45) is 5.73 Å². The summed E-state index contributed by atoms with van der Waals surface area (Å²) in [4.78, 5) is 8.08. The topological polar surface area (TPSA) is 73.1 Å². The van der Waals surface area contributed by atoms with Crippen LogP contribution in [0.1, 0.15) is 20.8 Å². The molecule has 0 aromatic carbocycles. The van der Waals surface area contributed by atoms with Gasteiger partial charge in [-0.05, 0) is 20.8 Å². The fourth-order valence-corrected chi connectivity index (χ4v) is 1.14. The van der Waals surface area contributed by atoms with Gasteiger partial charge in [0.25, 0.3) is 0 Å². The second-order valence-corrected chi connectivity index (χ2v) is 3.89. The van der Waals surface area contributed by atoms with Crippen LogP contribution in [0.5, 0.6) is 6.01 Å². The molecule has 0 amide bonds. The van der Waals surface area contributed by atoms with Gasteiger partial charge in [-0.25, -0.2) is 0 Å². The Balaban J connectivity index is 2.89. The van der Waals surface area contributed by atoms with Crippen LogP contribution in [0.15, 0.2) is 18.0 Å². The number of anilines is 1. The Kier molecular flexibility index (Phi) is 4.37. The normalized spacial score (nSPS) is 11.7. The minimum Gasteiger partial charge on any atom is -0.461 e. The van der Waals surface area contributed by atoms with E-state index < -0.39 is 0 Å². The van der Waals surface area contributed by atoms with Crippen LogP contribution in [0.25, 0.3) is 0 Å². The van der Waals surface area contributed by atoms with Gasteiger partial charge < -0.3 is 15.8 Å². The number of halogens is 1. The van der Waals surface area contributed by atoms with Crippen molar-refractivity contribution in [2.45, 2.75) is 26.9 Å². The van der Waals surface area contributed by atoms with E-state index in [1.165, 1.54) is 6.20 Å². The first kappa shape index (κ1) is 12.6. The third-order valence-corrected chi connectivity index (χ3v) is 1.78. The average Bonchev–Trinajstić information content (AvgIpc) is 2.15. The van der Waals surface area contributed by atoms with Crippen molar-refractivity contribution in [1.82, 2.24) is 9.97 Å². The maximum absolute atomic E-state index is 5.84. The standard InChI is InChI=1S/C10H15ClN4O/c1-6(2)16-10-14-8(11)4-9(15-10)13-7(3)5-12/h4-6H,12H2,1-3H3,(H,13,14,15)/b7-5+. The first-order valence-electron chi connectivity index (χ1n) is 4.88. The van der Waals surface area contributed by atoms with Gasteiger partial charge in [0.05, 0.1) is 6.10 Å². The third kappa shape index (κ3) is 3.94. The lowest BCUT2D eigenvalue weighted by Gasteiger charge is -2.10. The van der Waals surface area contributed by atoms with E-state index in [-0.39, 0.29) is 12.1 Å².